The summed E-state index contributed by atoms with van der Waals surface area (Å²) in [7, 11) is 0. The number of ether oxygens (including phenoxy) is 1. The van der Waals surface area contributed by atoms with E-state index >= 15 is 0 Å². The molecule has 0 radical (unpaired) electrons. The Morgan fingerprint density at radius 1 is 1.67 bits per heavy atom. The van der Waals surface area contributed by atoms with Gasteiger partial charge in [-0.1, -0.05) is 12.2 Å². The lowest BCUT2D eigenvalue weighted by molar-refractivity contribution is -0.157. The van der Waals surface area contributed by atoms with Gasteiger partial charge in [0.1, 0.15) is 5.54 Å². The molecule has 4 nitrogen and oxygen atoms in total. The summed E-state index contributed by atoms with van der Waals surface area (Å²) in [6.07, 6.45) is 1.59. The van der Waals surface area contributed by atoms with E-state index in [1.54, 1.807) is 11.8 Å². The fraction of sp³-hybridized carbons (Fsp3) is 0.636. The van der Waals surface area contributed by atoms with E-state index < -0.39 is 5.54 Å². The molecule has 2 aliphatic rings. The summed E-state index contributed by atoms with van der Waals surface area (Å²) in [6, 6.07) is 0. The van der Waals surface area contributed by atoms with E-state index in [9.17, 15) is 9.59 Å². The summed E-state index contributed by atoms with van der Waals surface area (Å²) in [5.41, 5.74) is 0.223. The molecule has 0 aromatic carbocycles. The van der Waals surface area contributed by atoms with Crippen molar-refractivity contribution >= 4 is 11.9 Å². The van der Waals surface area contributed by atoms with Gasteiger partial charge in [0.05, 0.1) is 6.61 Å². The molecule has 2 fully saturated rings. The number of carbonyl (C=O) groups excluding carboxylic acids is 2. The Kier molecular flexibility index (Phi) is 2.29. The molecule has 82 valence electrons. The van der Waals surface area contributed by atoms with Gasteiger partial charge in [0.2, 0.25) is 5.91 Å². The lowest BCUT2D eigenvalue weighted by Gasteiger charge is -2.28. The first-order chi connectivity index (χ1) is 7.10. The maximum atomic E-state index is 11.9. The molecule has 1 amide bonds. The van der Waals surface area contributed by atoms with Crippen LogP contribution in [0.4, 0.5) is 0 Å². The van der Waals surface area contributed by atoms with Gasteiger partial charge in [-0.25, -0.2) is 4.79 Å². The third kappa shape index (κ3) is 1.35. The van der Waals surface area contributed by atoms with Crippen LogP contribution in [0.1, 0.15) is 26.2 Å². The lowest BCUT2D eigenvalue weighted by atomic mass is 9.93. The summed E-state index contributed by atoms with van der Waals surface area (Å²) in [5.74, 6) is -0.226. The molecule has 0 saturated carbocycles. The van der Waals surface area contributed by atoms with Crippen molar-refractivity contribution in [2.45, 2.75) is 31.7 Å². The Balaban J connectivity index is 2.28. The second-order valence-corrected chi connectivity index (χ2v) is 4.16. The molecule has 0 aromatic heterocycles. The summed E-state index contributed by atoms with van der Waals surface area (Å²) < 4.78 is 5.05. The van der Waals surface area contributed by atoms with Crippen LogP contribution >= 0.6 is 0 Å². The molecule has 0 N–H and O–H groups in total. The van der Waals surface area contributed by atoms with Gasteiger partial charge in [-0.15, -0.1) is 0 Å². The number of carbonyl (C=O) groups is 2. The van der Waals surface area contributed by atoms with Crippen LogP contribution in [-0.2, 0) is 14.3 Å². The molecule has 1 unspecified atom stereocenters. The lowest BCUT2D eigenvalue weighted by Crippen LogP contribution is -2.48. The molecule has 2 saturated heterocycles. The second kappa shape index (κ2) is 3.36. The summed E-state index contributed by atoms with van der Waals surface area (Å²) in [5, 5.41) is 0. The second-order valence-electron chi connectivity index (χ2n) is 4.16. The number of fused-ring (bicyclic) bond motifs is 1. The molecule has 0 spiro atoms. The van der Waals surface area contributed by atoms with E-state index in [1.807, 2.05) is 0 Å². The van der Waals surface area contributed by atoms with Crippen LogP contribution < -0.4 is 0 Å². The van der Waals surface area contributed by atoms with Crippen molar-refractivity contribution in [1.29, 1.82) is 0 Å². The number of hydrogen-bond donors (Lipinski definition) is 0. The van der Waals surface area contributed by atoms with E-state index in [0.717, 1.165) is 5.57 Å². The Hall–Kier alpha value is -1.32. The predicted molar refractivity (Wildman–Crippen MR) is 54.1 cm³/mol. The van der Waals surface area contributed by atoms with Gasteiger partial charge in [-0.2, -0.15) is 0 Å². The van der Waals surface area contributed by atoms with E-state index in [2.05, 4.69) is 6.58 Å². The van der Waals surface area contributed by atoms with Crippen molar-refractivity contribution in [2.24, 2.45) is 0 Å². The highest BCUT2D eigenvalue weighted by molar-refractivity contribution is 5.93. The van der Waals surface area contributed by atoms with Crippen molar-refractivity contribution in [2.75, 3.05) is 13.2 Å². The van der Waals surface area contributed by atoms with Crippen LogP contribution in [0.3, 0.4) is 0 Å². The molecule has 0 aliphatic carbocycles. The Morgan fingerprint density at radius 2 is 2.40 bits per heavy atom. The molecular weight excluding hydrogens is 194 g/mol. The first kappa shape index (κ1) is 10.2. The average Bonchev–Trinajstić information content (AvgIpc) is 2.66. The van der Waals surface area contributed by atoms with Crippen molar-refractivity contribution in [3.05, 3.63) is 12.2 Å². The molecule has 2 rings (SSSR count). The Labute approximate surface area is 88.9 Å². The van der Waals surface area contributed by atoms with E-state index in [0.29, 0.717) is 32.4 Å². The highest BCUT2D eigenvalue weighted by Crippen LogP contribution is 2.42. The van der Waals surface area contributed by atoms with Crippen LogP contribution in [0.2, 0.25) is 0 Å². The van der Waals surface area contributed by atoms with E-state index in [-0.39, 0.29) is 11.9 Å². The molecular formula is C11H15NO3. The molecule has 0 aromatic rings. The quantitative estimate of drug-likeness (QED) is 0.501. The van der Waals surface area contributed by atoms with Gasteiger partial charge in [-0.3, -0.25) is 4.79 Å². The maximum absolute atomic E-state index is 11.9. The van der Waals surface area contributed by atoms with Crippen molar-refractivity contribution in [3.8, 4) is 0 Å². The van der Waals surface area contributed by atoms with Gasteiger partial charge in [0, 0.05) is 19.4 Å². The first-order valence-electron chi connectivity index (χ1n) is 5.24. The highest BCUT2D eigenvalue weighted by Gasteiger charge is 2.55. The number of nitrogens with zero attached hydrogens (tertiary/aromatic N) is 1. The van der Waals surface area contributed by atoms with Crippen LogP contribution in [0.15, 0.2) is 12.2 Å². The van der Waals surface area contributed by atoms with E-state index in [1.165, 1.54) is 0 Å². The zero-order chi connectivity index (χ0) is 11.1. The fourth-order valence-corrected chi connectivity index (χ4v) is 2.49. The third-order valence-corrected chi connectivity index (χ3v) is 3.15. The zero-order valence-corrected chi connectivity index (χ0v) is 8.91. The van der Waals surface area contributed by atoms with Gasteiger partial charge in [0.25, 0.3) is 0 Å². The Morgan fingerprint density at radius 3 is 3.07 bits per heavy atom. The summed E-state index contributed by atoms with van der Waals surface area (Å²) in [4.78, 5) is 25.1. The summed E-state index contributed by atoms with van der Waals surface area (Å²) >= 11 is 0. The summed E-state index contributed by atoms with van der Waals surface area (Å²) in [6.45, 7) is 6.50. The van der Waals surface area contributed by atoms with Crippen molar-refractivity contribution in [3.63, 3.8) is 0 Å². The molecule has 0 bridgehead atoms. The molecule has 2 heterocycles. The average molecular weight is 209 g/mol. The SMILES string of the molecule is C=C1CN2C(=O)CCC2(C(=O)OCC)C1. The van der Waals surface area contributed by atoms with Crippen LogP contribution in [0.25, 0.3) is 0 Å². The minimum absolute atomic E-state index is 0.0432. The molecule has 2 aliphatic heterocycles. The monoisotopic (exact) mass is 209 g/mol. The van der Waals surface area contributed by atoms with Crippen molar-refractivity contribution in [1.82, 2.24) is 4.90 Å². The van der Waals surface area contributed by atoms with Gasteiger partial charge in [0.15, 0.2) is 0 Å². The number of hydrogen-bond acceptors (Lipinski definition) is 3. The molecule has 15 heavy (non-hydrogen) atoms. The van der Waals surface area contributed by atoms with Gasteiger partial charge in [-0.05, 0) is 13.3 Å². The normalized spacial score (nSPS) is 29.5. The van der Waals surface area contributed by atoms with Gasteiger partial charge < -0.3 is 9.64 Å². The number of rotatable bonds is 2. The molecule has 4 heteroatoms. The maximum Gasteiger partial charge on any atom is 0.332 e. The van der Waals surface area contributed by atoms with Gasteiger partial charge >= 0.3 is 5.97 Å². The Bertz CT molecular complexity index is 337. The minimum Gasteiger partial charge on any atom is -0.464 e. The van der Waals surface area contributed by atoms with Crippen LogP contribution in [0, 0.1) is 0 Å². The largest absolute Gasteiger partial charge is 0.464 e. The zero-order valence-electron chi connectivity index (χ0n) is 8.91. The minimum atomic E-state index is -0.718. The van der Waals surface area contributed by atoms with E-state index in [4.69, 9.17) is 4.74 Å². The van der Waals surface area contributed by atoms with Crippen LogP contribution in [-0.4, -0.2) is 35.5 Å². The fourth-order valence-electron chi connectivity index (χ4n) is 2.49. The smallest absolute Gasteiger partial charge is 0.332 e. The third-order valence-electron chi connectivity index (χ3n) is 3.15. The number of amides is 1. The highest BCUT2D eigenvalue weighted by atomic mass is 16.5. The molecule has 1 atom stereocenters. The first-order valence-corrected chi connectivity index (χ1v) is 5.24. The standard InChI is InChI=1S/C11H15NO3/c1-3-15-10(14)11-5-4-9(13)12(11)7-8(2)6-11/h2-7H2,1H3. The van der Waals surface area contributed by atoms with Crippen molar-refractivity contribution < 1.29 is 14.3 Å². The van der Waals surface area contributed by atoms with Crippen LogP contribution in [0.5, 0.6) is 0 Å². The topological polar surface area (TPSA) is 46.6 Å². The predicted octanol–water partition coefficient (Wildman–Crippen LogP) is 0.871. The number of esters is 1.